The minimum atomic E-state index is -0.302. The van der Waals surface area contributed by atoms with E-state index in [4.69, 9.17) is 9.47 Å². The van der Waals surface area contributed by atoms with Gasteiger partial charge in [-0.15, -0.1) is 34.0 Å². The van der Waals surface area contributed by atoms with E-state index in [-0.39, 0.29) is 11.9 Å². The molecule has 67 heavy (non-hydrogen) atoms. The van der Waals surface area contributed by atoms with Gasteiger partial charge in [-0.1, -0.05) is 73.7 Å². The van der Waals surface area contributed by atoms with Crippen molar-refractivity contribution in [1.29, 1.82) is 0 Å². The van der Waals surface area contributed by atoms with Crippen molar-refractivity contribution in [1.82, 2.24) is 0 Å². The summed E-state index contributed by atoms with van der Waals surface area (Å²) in [7, 11) is 0. The molecule has 4 aliphatic carbocycles. The van der Waals surface area contributed by atoms with Crippen LogP contribution in [0, 0.1) is 47.3 Å². The highest BCUT2D eigenvalue weighted by Crippen LogP contribution is 2.55. The fraction of sp³-hybridized carbons (Fsp3) is 0.393. The first-order valence-electron chi connectivity index (χ1n) is 24.6. The minimum absolute atomic E-state index is 0.302. The third-order valence-electron chi connectivity index (χ3n) is 16.1. The van der Waals surface area contributed by atoms with Crippen LogP contribution in [0.3, 0.4) is 0 Å². The molecule has 2 aliphatic heterocycles. The summed E-state index contributed by atoms with van der Waals surface area (Å²) in [6.07, 6.45) is 18.7. The number of benzene rings is 2. The molecule has 0 radical (unpaired) electrons. The van der Waals surface area contributed by atoms with E-state index in [2.05, 4.69) is 96.5 Å². The smallest absolute Gasteiger partial charge is 0.344 e. The van der Waals surface area contributed by atoms with Crippen molar-refractivity contribution in [2.24, 2.45) is 47.3 Å². The molecule has 4 bridgehead atoms. The quantitative estimate of drug-likeness (QED) is 0.0799. The molecule has 7 aromatic rings. The van der Waals surface area contributed by atoms with Gasteiger partial charge in [0.1, 0.15) is 0 Å². The number of aryl methyl sites for hydroxylation is 2. The predicted octanol–water partition coefficient (Wildman–Crippen LogP) is 15.3. The zero-order chi connectivity index (χ0) is 44.9. The minimum Gasteiger partial charge on any atom is -0.412 e. The van der Waals surface area contributed by atoms with Gasteiger partial charge in [-0.05, 0) is 170 Å². The highest BCUT2D eigenvalue weighted by Gasteiger charge is 2.50. The Labute approximate surface area is 412 Å². The zero-order valence-electron chi connectivity index (χ0n) is 37.9. The number of unbranched alkanes of at least 4 members (excludes halogenated alkanes) is 2. The van der Waals surface area contributed by atoms with Gasteiger partial charge >= 0.3 is 11.9 Å². The van der Waals surface area contributed by atoms with Gasteiger partial charge in [0.25, 0.3) is 0 Å². The molecule has 4 fully saturated rings. The number of hydrogen-bond donors (Lipinski definition) is 0. The maximum atomic E-state index is 13.6. The van der Waals surface area contributed by atoms with Crippen molar-refractivity contribution in [2.75, 3.05) is 36.0 Å². The van der Waals surface area contributed by atoms with E-state index < -0.39 is 0 Å². The van der Waals surface area contributed by atoms with E-state index >= 15 is 0 Å². The van der Waals surface area contributed by atoms with Gasteiger partial charge in [-0.2, -0.15) is 0 Å². The summed E-state index contributed by atoms with van der Waals surface area (Å²) in [5.41, 5.74) is 6.08. The Balaban J connectivity index is 0.710. The first kappa shape index (κ1) is 42.6. The van der Waals surface area contributed by atoms with E-state index in [1.165, 1.54) is 73.7 Å². The number of allylic oxidation sites excluding steroid dienone is 4. The van der Waals surface area contributed by atoms with Crippen LogP contribution in [0.15, 0.2) is 97.1 Å². The monoisotopic (exact) mass is 978 g/mol. The average Bonchev–Trinajstić information content (AvgIpc) is 4.16. The SMILES string of the molecule is CCCCc1cc(OC(=O)c2ccc(N3CC4C5C=CC(C5)C4C3)cc2)sc1-c1cc2sc3cc(-c4sc(OC(=O)c5ccc(N6CC7C8C=CC(C8)C7C6)cc5)cc4CCCC)sc3c2s1. The summed E-state index contributed by atoms with van der Waals surface area (Å²) >= 11 is 8.74. The highest BCUT2D eigenvalue weighted by atomic mass is 32.1. The van der Waals surface area contributed by atoms with Crippen LogP contribution in [0.4, 0.5) is 11.4 Å². The summed E-state index contributed by atoms with van der Waals surface area (Å²) < 4.78 is 17.5. The Morgan fingerprint density at radius 2 is 0.910 bits per heavy atom. The number of anilines is 2. The molecule has 0 N–H and O–H groups in total. The van der Waals surface area contributed by atoms with Gasteiger partial charge in [-0.25, -0.2) is 9.59 Å². The normalized spacial score (nSPS) is 25.4. The number of hydrogen-bond acceptors (Lipinski definition) is 11. The van der Waals surface area contributed by atoms with Crippen LogP contribution < -0.4 is 19.3 Å². The summed E-state index contributed by atoms with van der Waals surface area (Å²) in [6, 6.07) is 25.1. The molecular formula is C56H54N2O4S5. The molecule has 0 spiro atoms. The largest absolute Gasteiger partial charge is 0.412 e. The number of rotatable bonds is 14. The Kier molecular flexibility index (Phi) is 10.9. The second-order valence-electron chi connectivity index (χ2n) is 20.0. The fourth-order valence-electron chi connectivity index (χ4n) is 12.6. The van der Waals surface area contributed by atoms with Gasteiger partial charge in [0, 0.05) is 56.7 Å². The van der Waals surface area contributed by atoms with Gasteiger partial charge in [0.2, 0.25) is 0 Å². The van der Waals surface area contributed by atoms with Crippen molar-refractivity contribution in [3.05, 3.63) is 119 Å². The van der Waals surface area contributed by atoms with E-state index in [1.807, 2.05) is 58.3 Å². The lowest BCUT2D eigenvalue weighted by molar-refractivity contribution is 0.0731. The van der Waals surface area contributed by atoms with Crippen molar-refractivity contribution in [2.45, 2.75) is 65.2 Å². The predicted molar refractivity (Wildman–Crippen MR) is 282 cm³/mol. The number of carbonyl (C=O) groups excluding carboxylic acids is 2. The number of fused-ring (bicyclic) bond motifs is 13. The lowest BCUT2D eigenvalue weighted by atomic mass is 9.86. The van der Waals surface area contributed by atoms with Crippen LogP contribution in [0.5, 0.6) is 10.1 Å². The third kappa shape index (κ3) is 7.57. The fourth-order valence-corrected chi connectivity index (χ4v) is 19.0. The topological polar surface area (TPSA) is 59.1 Å². The van der Waals surface area contributed by atoms with Crippen LogP contribution in [-0.2, 0) is 12.8 Å². The van der Waals surface area contributed by atoms with Crippen molar-refractivity contribution in [3.63, 3.8) is 0 Å². The third-order valence-corrected chi connectivity index (χ3v) is 22.3. The Bertz CT molecular complexity index is 2850. The lowest BCUT2D eigenvalue weighted by Crippen LogP contribution is -2.22. The number of ether oxygens (including phenoxy) is 2. The molecule has 0 amide bonds. The second-order valence-corrected chi connectivity index (χ2v) is 25.2. The Morgan fingerprint density at radius 1 is 0.522 bits per heavy atom. The van der Waals surface area contributed by atoms with Crippen molar-refractivity contribution in [3.8, 4) is 29.6 Å². The van der Waals surface area contributed by atoms with E-state index in [0.717, 1.165) is 112 Å². The molecule has 8 unspecified atom stereocenters. The second kappa shape index (κ2) is 17.2. The number of thiophene rings is 5. The van der Waals surface area contributed by atoms with Crippen LogP contribution in [-0.4, -0.2) is 38.1 Å². The summed E-state index contributed by atoms with van der Waals surface area (Å²) in [4.78, 5) is 37.0. The van der Waals surface area contributed by atoms with Crippen LogP contribution in [0.25, 0.3) is 38.3 Å². The summed E-state index contributed by atoms with van der Waals surface area (Å²) in [6.45, 7) is 8.90. The van der Waals surface area contributed by atoms with Gasteiger partial charge < -0.3 is 19.3 Å². The molecule has 6 nitrogen and oxygen atoms in total. The zero-order valence-corrected chi connectivity index (χ0v) is 42.0. The molecule has 2 aromatic carbocycles. The Hall–Kier alpha value is -4.52. The summed E-state index contributed by atoms with van der Waals surface area (Å²) in [5.74, 6) is 5.48. The van der Waals surface area contributed by atoms with E-state index in [9.17, 15) is 9.59 Å². The number of nitrogens with zero attached hydrogens (tertiary/aromatic N) is 2. The maximum absolute atomic E-state index is 13.6. The average molecular weight is 979 g/mol. The van der Waals surface area contributed by atoms with E-state index in [0.29, 0.717) is 21.3 Å². The number of carbonyl (C=O) groups is 2. The van der Waals surface area contributed by atoms with Crippen molar-refractivity contribution >= 4 is 98.8 Å². The van der Waals surface area contributed by atoms with Gasteiger partial charge in [-0.3, -0.25) is 0 Å². The molecule has 7 heterocycles. The van der Waals surface area contributed by atoms with Crippen LogP contribution >= 0.6 is 56.7 Å². The molecule has 8 atom stereocenters. The molecule has 13 rings (SSSR count). The molecular weight excluding hydrogens is 925 g/mol. The molecule has 6 aliphatic rings. The highest BCUT2D eigenvalue weighted by molar-refractivity contribution is 7.41. The molecule has 2 saturated heterocycles. The van der Waals surface area contributed by atoms with Crippen molar-refractivity contribution < 1.29 is 19.1 Å². The first-order valence-corrected chi connectivity index (χ1v) is 28.7. The first-order chi connectivity index (χ1) is 32.8. The molecule has 342 valence electrons. The number of esters is 2. The Morgan fingerprint density at radius 3 is 1.28 bits per heavy atom. The van der Waals surface area contributed by atoms with Crippen LogP contribution in [0.2, 0.25) is 0 Å². The van der Waals surface area contributed by atoms with E-state index in [1.54, 1.807) is 22.7 Å². The lowest BCUT2D eigenvalue weighted by Gasteiger charge is -2.21. The van der Waals surface area contributed by atoms with Gasteiger partial charge in [0.15, 0.2) is 10.1 Å². The molecule has 5 aromatic heterocycles. The van der Waals surface area contributed by atoms with Crippen LogP contribution in [0.1, 0.15) is 84.2 Å². The molecule has 11 heteroatoms. The maximum Gasteiger partial charge on any atom is 0.344 e. The van der Waals surface area contributed by atoms with Gasteiger partial charge in [0.05, 0.1) is 30.3 Å². The standard InChI is InChI=1S/C56H54N2O4S5/c1-3-5-7-37-23-49(61-55(59)31-13-17-39(18-14-31)57-27-41-33-9-10-34(21-33)42(41)28-57)66-51(37)45-25-47-53(64-45)54-48(63-47)26-46(65-54)52-38(8-6-4-2)24-50(67-52)62-56(60)32-15-19-40(20-16-32)58-29-43-35-11-12-36(22-35)44(43)30-58/h9-20,23-26,33-36,41-44H,3-8,21-22,27-30H2,1-2H3. The summed E-state index contributed by atoms with van der Waals surface area (Å²) in [5, 5.41) is 1.31. The molecule has 2 saturated carbocycles.